The minimum Gasteiger partial charge on any atom is -0.440 e. The second kappa shape index (κ2) is 5.80. The summed E-state index contributed by atoms with van der Waals surface area (Å²) in [4.78, 5) is 0. The zero-order valence-electron chi connectivity index (χ0n) is 13.0. The lowest BCUT2D eigenvalue weighted by atomic mass is 9.82. The average Bonchev–Trinajstić information content (AvgIpc) is 2.61. The third-order valence-corrected chi connectivity index (χ3v) is 4.73. The molecule has 3 aromatic carbocycles. The first-order valence-electron chi connectivity index (χ1n) is 7.65. The number of hydrogen-bond donors (Lipinski definition) is 1. The van der Waals surface area contributed by atoms with Crippen LogP contribution in [-0.4, -0.2) is 0 Å². The molecule has 1 aliphatic rings. The van der Waals surface area contributed by atoms with E-state index in [9.17, 15) is 9.65 Å². The predicted molar refractivity (Wildman–Crippen MR) is 94.7 cm³/mol. The molecule has 0 radical (unpaired) electrons. The first kappa shape index (κ1) is 15.5. The SMILES string of the molecule is N#CC1=C(N)Oc2c(ccc3ccccc23)[C@H]1c1c(F)cccc1Cl. The lowest BCUT2D eigenvalue weighted by Crippen LogP contribution is -2.22. The van der Waals surface area contributed by atoms with Crippen molar-refractivity contribution in [3.05, 3.63) is 88.0 Å². The highest BCUT2D eigenvalue weighted by molar-refractivity contribution is 6.31. The Kier molecular flexibility index (Phi) is 3.60. The van der Waals surface area contributed by atoms with Gasteiger partial charge in [-0.2, -0.15) is 5.26 Å². The number of nitrogens with zero attached hydrogens (tertiary/aromatic N) is 1. The molecule has 3 nitrogen and oxygen atoms in total. The monoisotopic (exact) mass is 350 g/mol. The third-order valence-electron chi connectivity index (χ3n) is 4.40. The Morgan fingerprint density at radius 2 is 1.88 bits per heavy atom. The topological polar surface area (TPSA) is 59.0 Å². The van der Waals surface area contributed by atoms with Crippen LogP contribution in [0.15, 0.2) is 66.1 Å². The van der Waals surface area contributed by atoms with Crippen LogP contribution < -0.4 is 10.5 Å². The number of allylic oxidation sites excluding steroid dienone is 1. The molecule has 0 aromatic heterocycles. The number of halogens is 2. The molecule has 25 heavy (non-hydrogen) atoms. The van der Waals surface area contributed by atoms with Gasteiger partial charge in [0.2, 0.25) is 5.88 Å². The maximum atomic E-state index is 14.6. The van der Waals surface area contributed by atoms with Gasteiger partial charge in [-0.25, -0.2) is 4.39 Å². The van der Waals surface area contributed by atoms with Crippen LogP contribution in [0.25, 0.3) is 10.8 Å². The molecule has 1 atom stereocenters. The molecule has 5 heteroatoms. The Balaban J connectivity index is 2.07. The Morgan fingerprint density at radius 1 is 1.08 bits per heavy atom. The van der Waals surface area contributed by atoms with Crippen LogP contribution in [0.3, 0.4) is 0 Å². The highest BCUT2D eigenvalue weighted by atomic mass is 35.5. The summed E-state index contributed by atoms with van der Waals surface area (Å²) in [6.45, 7) is 0. The van der Waals surface area contributed by atoms with Gasteiger partial charge < -0.3 is 10.5 Å². The van der Waals surface area contributed by atoms with Gasteiger partial charge in [0, 0.05) is 21.5 Å². The summed E-state index contributed by atoms with van der Waals surface area (Å²) in [7, 11) is 0. The first-order valence-corrected chi connectivity index (χ1v) is 8.02. The van der Waals surface area contributed by atoms with E-state index in [1.165, 1.54) is 12.1 Å². The second-order valence-corrected chi connectivity index (χ2v) is 6.17. The molecule has 0 saturated heterocycles. The molecule has 0 unspecified atom stereocenters. The van der Waals surface area contributed by atoms with Crippen molar-refractivity contribution in [2.75, 3.05) is 0 Å². The first-order chi connectivity index (χ1) is 12.1. The van der Waals surface area contributed by atoms with Crippen molar-refractivity contribution in [2.24, 2.45) is 5.73 Å². The average molecular weight is 351 g/mol. The Morgan fingerprint density at radius 3 is 2.64 bits per heavy atom. The van der Waals surface area contributed by atoms with Crippen LogP contribution in [0.4, 0.5) is 4.39 Å². The molecular weight excluding hydrogens is 339 g/mol. The molecule has 1 aliphatic heterocycles. The molecular formula is C20H12ClFN2O. The fraction of sp³-hybridized carbons (Fsp3) is 0.0500. The lowest BCUT2D eigenvalue weighted by Gasteiger charge is -2.28. The van der Waals surface area contributed by atoms with Crippen molar-refractivity contribution in [2.45, 2.75) is 5.92 Å². The zero-order valence-corrected chi connectivity index (χ0v) is 13.7. The van der Waals surface area contributed by atoms with Crippen molar-refractivity contribution in [1.29, 1.82) is 5.26 Å². The molecule has 0 amide bonds. The summed E-state index contributed by atoms with van der Waals surface area (Å²) in [6.07, 6.45) is 0. The largest absolute Gasteiger partial charge is 0.440 e. The Labute approximate surface area is 148 Å². The van der Waals surface area contributed by atoms with Crippen LogP contribution in [0.1, 0.15) is 17.0 Å². The van der Waals surface area contributed by atoms with E-state index >= 15 is 0 Å². The van der Waals surface area contributed by atoms with E-state index in [4.69, 9.17) is 22.1 Å². The number of ether oxygens (including phenoxy) is 1. The van der Waals surface area contributed by atoms with Gasteiger partial charge >= 0.3 is 0 Å². The van der Waals surface area contributed by atoms with Crippen molar-refractivity contribution >= 4 is 22.4 Å². The molecule has 0 fully saturated rings. The zero-order chi connectivity index (χ0) is 17.6. The highest BCUT2D eigenvalue weighted by Gasteiger charge is 2.34. The quantitative estimate of drug-likeness (QED) is 0.682. The van der Waals surface area contributed by atoms with Gasteiger partial charge in [0.05, 0.1) is 5.92 Å². The van der Waals surface area contributed by atoms with Crippen LogP contribution in [0.5, 0.6) is 5.75 Å². The molecule has 0 saturated carbocycles. The van der Waals surface area contributed by atoms with E-state index in [2.05, 4.69) is 0 Å². The minimum atomic E-state index is -0.716. The summed E-state index contributed by atoms with van der Waals surface area (Å²) >= 11 is 6.26. The van der Waals surface area contributed by atoms with E-state index in [1.807, 2.05) is 42.5 Å². The Bertz CT molecular complexity index is 1060. The van der Waals surface area contributed by atoms with Crippen LogP contribution in [0, 0.1) is 17.1 Å². The third kappa shape index (κ3) is 2.33. The van der Waals surface area contributed by atoms with Gasteiger partial charge in [0.1, 0.15) is 23.2 Å². The predicted octanol–water partition coefficient (Wildman–Crippen LogP) is 4.85. The lowest BCUT2D eigenvalue weighted by molar-refractivity contribution is 0.397. The number of rotatable bonds is 1. The molecule has 1 heterocycles. The molecule has 0 aliphatic carbocycles. The number of hydrogen-bond acceptors (Lipinski definition) is 3. The standard InChI is InChI=1S/C20H12ClFN2O/c21-15-6-3-7-16(22)18(15)17-13-9-8-11-4-1-2-5-12(11)19(13)25-20(24)14(17)10-23/h1-9,17H,24H2/t17-/m1/s1. The van der Waals surface area contributed by atoms with Crippen LogP contribution >= 0.6 is 11.6 Å². The van der Waals surface area contributed by atoms with E-state index in [-0.39, 0.29) is 22.0 Å². The van der Waals surface area contributed by atoms with Crippen molar-refractivity contribution < 1.29 is 9.13 Å². The van der Waals surface area contributed by atoms with Gasteiger partial charge in [0.25, 0.3) is 0 Å². The number of nitriles is 1. The molecule has 4 rings (SSSR count). The number of fused-ring (bicyclic) bond motifs is 3. The van der Waals surface area contributed by atoms with E-state index in [0.717, 1.165) is 10.8 Å². The molecule has 2 N–H and O–H groups in total. The van der Waals surface area contributed by atoms with Gasteiger partial charge in [-0.1, -0.05) is 54.1 Å². The van der Waals surface area contributed by atoms with Crippen molar-refractivity contribution in [3.8, 4) is 11.8 Å². The molecule has 0 spiro atoms. The van der Waals surface area contributed by atoms with E-state index in [1.54, 1.807) is 6.07 Å². The van der Waals surface area contributed by atoms with Gasteiger partial charge in [-0.05, 0) is 17.5 Å². The van der Waals surface area contributed by atoms with Crippen LogP contribution in [-0.2, 0) is 0 Å². The Hall–Kier alpha value is -3.03. The normalized spacial score (nSPS) is 16.3. The number of benzene rings is 3. The summed E-state index contributed by atoms with van der Waals surface area (Å²) in [5.41, 5.74) is 7.03. The smallest absolute Gasteiger partial charge is 0.205 e. The second-order valence-electron chi connectivity index (χ2n) is 5.77. The van der Waals surface area contributed by atoms with Gasteiger partial charge in [-0.15, -0.1) is 0 Å². The summed E-state index contributed by atoms with van der Waals surface area (Å²) in [5, 5.41) is 11.6. The summed E-state index contributed by atoms with van der Waals surface area (Å²) in [6, 6.07) is 17.9. The number of nitrogens with two attached hydrogens (primary N) is 1. The van der Waals surface area contributed by atoms with E-state index < -0.39 is 11.7 Å². The summed E-state index contributed by atoms with van der Waals surface area (Å²) < 4.78 is 20.3. The highest BCUT2D eigenvalue weighted by Crippen LogP contribution is 2.47. The fourth-order valence-electron chi connectivity index (χ4n) is 3.27. The minimum absolute atomic E-state index is 0.0318. The molecule has 3 aromatic rings. The molecule has 0 bridgehead atoms. The van der Waals surface area contributed by atoms with Crippen molar-refractivity contribution in [1.82, 2.24) is 0 Å². The maximum Gasteiger partial charge on any atom is 0.205 e. The molecule has 122 valence electrons. The fourth-order valence-corrected chi connectivity index (χ4v) is 3.54. The van der Waals surface area contributed by atoms with E-state index in [0.29, 0.717) is 11.3 Å². The van der Waals surface area contributed by atoms with Crippen LogP contribution in [0.2, 0.25) is 5.02 Å². The van der Waals surface area contributed by atoms with Gasteiger partial charge in [-0.3, -0.25) is 0 Å². The summed E-state index contributed by atoms with van der Waals surface area (Å²) in [5.74, 6) is -0.708. The van der Waals surface area contributed by atoms with Crippen molar-refractivity contribution in [3.63, 3.8) is 0 Å². The maximum absolute atomic E-state index is 14.6. The van der Waals surface area contributed by atoms with Gasteiger partial charge in [0.15, 0.2) is 0 Å².